The molecule has 3 aromatic rings. The minimum atomic E-state index is -0.442. The van der Waals surface area contributed by atoms with Crippen molar-refractivity contribution >= 4 is 22.7 Å². The highest BCUT2D eigenvalue weighted by Gasteiger charge is 2.18. The second-order valence-electron chi connectivity index (χ2n) is 4.07. The molecular formula is C12H11ClN4O. The number of para-hydroxylation sites is 1. The fraction of sp³-hybridized carbons (Fsp3) is 0.167. The van der Waals surface area contributed by atoms with Crippen molar-refractivity contribution in [2.45, 2.75) is 6.04 Å². The summed E-state index contributed by atoms with van der Waals surface area (Å²) < 4.78 is 7.30. The third-order valence-electron chi connectivity index (χ3n) is 2.73. The van der Waals surface area contributed by atoms with E-state index in [0.717, 1.165) is 5.56 Å². The molecule has 0 fully saturated rings. The Hall–Kier alpha value is -1.85. The van der Waals surface area contributed by atoms with Gasteiger partial charge in [-0.1, -0.05) is 17.7 Å². The van der Waals surface area contributed by atoms with Gasteiger partial charge in [0.05, 0.1) is 11.2 Å². The quantitative estimate of drug-likeness (QED) is 0.769. The van der Waals surface area contributed by atoms with Crippen LogP contribution < -0.4 is 5.73 Å². The van der Waals surface area contributed by atoms with Crippen LogP contribution in [0.15, 0.2) is 35.0 Å². The Labute approximate surface area is 108 Å². The van der Waals surface area contributed by atoms with Gasteiger partial charge in [0.1, 0.15) is 11.6 Å². The molecule has 0 bridgehead atoms. The van der Waals surface area contributed by atoms with Crippen molar-refractivity contribution in [3.05, 3.63) is 47.1 Å². The van der Waals surface area contributed by atoms with E-state index in [1.54, 1.807) is 16.9 Å². The van der Waals surface area contributed by atoms with Crippen LogP contribution in [-0.4, -0.2) is 14.8 Å². The highest BCUT2D eigenvalue weighted by molar-refractivity contribution is 6.34. The first-order valence-electron chi connectivity index (χ1n) is 5.44. The highest BCUT2D eigenvalue weighted by Crippen LogP contribution is 2.27. The van der Waals surface area contributed by atoms with E-state index in [1.165, 1.54) is 0 Å². The fourth-order valence-corrected chi connectivity index (χ4v) is 2.02. The smallest absolute Gasteiger partial charge is 0.217 e. The van der Waals surface area contributed by atoms with Gasteiger partial charge in [-0.2, -0.15) is 5.10 Å². The van der Waals surface area contributed by atoms with Gasteiger partial charge in [0.2, 0.25) is 5.89 Å². The van der Waals surface area contributed by atoms with Crippen molar-refractivity contribution in [2.24, 2.45) is 12.8 Å². The molecule has 0 saturated carbocycles. The van der Waals surface area contributed by atoms with E-state index in [0.29, 0.717) is 22.0 Å². The molecule has 0 aliphatic heterocycles. The molecular weight excluding hydrogens is 252 g/mol. The number of aryl methyl sites for hydroxylation is 1. The van der Waals surface area contributed by atoms with Crippen molar-refractivity contribution in [3.63, 3.8) is 0 Å². The van der Waals surface area contributed by atoms with E-state index in [1.807, 2.05) is 25.4 Å². The van der Waals surface area contributed by atoms with E-state index in [-0.39, 0.29) is 0 Å². The van der Waals surface area contributed by atoms with Crippen LogP contribution in [0.25, 0.3) is 11.1 Å². The SMILES string of the molecule is Cn1cc(C(N)c2nc3cccc(Cl)c3o2)cn1. The van der Waals surface area contributed by atoms with E-state index >= 15 is 0 Å². The van der Waals surface area contributed by atoms with Crippen LogP contribution >= 0.6 is 11.6 Å². The summed E-state index contributed by atoms with van der Waals surface area (Å²) in [5.41, 5.74) is 8.21. The first kappa shape index (κ1) is 11.3. The number of oxazole rings is 1. The highest BCUT2D eigenvalue weighted by atomic mass is 35.5. The van der Waals surface area contributed by atoms with Crippen LogP contribution in [0.1, 0.15) is 17.5 Å². The van der Waals surface area contributed by atoms with Crippen molar-refractivity contribution < 1.29 is 4.42 Å². The lowest BCUT2D eigenvalue weighted by atomic mass is 10.2. The summed E-state index contributed by atoms with van der Waals surface area (Å²) >= 11 is 6.03. The zero-order valence-corrected chi connectivity index (χ0v) is 10.4. The van der Waals surface area contributed by atoms with Crippen LogP contribution in [0, 0.1) is 0 Å². The maximum absolute atomic E-state index is 6.09. The Bertz CT molecular complexity index is 703. The van der Waals surface area contributed by atoms with E-state index in [9.17, 15) is 0 Å². The molecule has 1 aromatic carbocycles. The predicted octanol–water partition coefficient (Wildman–Crippen LogP) is 2.26. The standard InChI is InChI=1S/C12H11ClN4O/c1-17-6-7(5-15-17)10(14)12-16-9-4-2-3-8(13)11(9)18-12/h2-6,10H,14H2,1H3. The van der Waals surface area contributed by atoms with Gasteiger partial charge in [-0.15, -0.1) is 0 Å². The molecule has 6 heteroatoms. The molecule has 0 radical (unpaired) electrons. The summed E-state index contributed by atoms with van der Waals surface area (Å²) in [6.07, 6.45) is 3.53. The summed E-state index contributed by atoms with van der Waals surface area (Å²) in [6, 6.07) is 4.98. The minimum absolute atomic E-state index is 0.436. The minimum Gasteiger partial charge on any atom is -0.437 e. The van der Waals surface area contributed by atoms with Crippen LogP contribution in [0.3, 0.4) is 0 Å². The third-order valence-corrected chi connectivity index (χ3v) is 3.03. The largest absolute Gasteiger partial charge is 0.437 e. The number of fused-ring (bicyclic) bond motifs is 1. The lowest BCUT2D eigenvalue weighted by Gasteiger charge is -2.02. The topological polar surface area (TPSA) is 69.9 Å². The Balaban J connectivity index is 2.06. The molecule has 1 unspecified atom stereocenters. The Morgan fingerprint density at radius 2 is 2.28 bits per heavy atom. The van der Waals surface area contributed by atoms with Gasteiger partial charge in [-0.25, -0.2) is 4.98 Å². The molecule has 92 valence electrons. The van der Waals surface area contributed by atoms with E-state index in [4.69, 9.17) is 21.8 Å². The third kappa shape index (κ3) is 1.77. The van der Waals surface area contributed by atoms with Crippen LogP contribution in [0.4, 0.5) is 0 Å². The molecule has 2 N–H and O–H groups in total. The number of halogens is 1. The zero-order chi connectivity index (χ0) is 12.7. The Morgan fingerprint density at radius 3 is 2.94 bits per heavy atom. The maximum Gasteiger partial charge on any atom is 0.217 e. The first-order valence-corrected chi connectivity index (χ1v) is 5.82. The summed E-state index contributed by atoms with van der Waals surface area (Å²) in [7, 11) is 1.83. The van der Waals surface area contributed by atoms with E-state index in [2.05, 4.69) is 10.1 Å². The number of benzene rings is 1. The molecule has 0 saturated heterocycles. The summed E-state index contributed by atoms with van der Waals surface area (Å²) in [5.74, 6) is 0.436. The number of hydrogen-bond acceptors (Lipinski definition) is 4. The predicted molar refractivity (Wildman–Crippen MR) is 68.3 cm³/mol. The molecule has 0 aliphatic carbocycles. The van der Waals surface area contributed by atoms with Crippen LogP contribution in [0.5, 0.6) is 0 Å². The number of hydrogen-bond donors (Lipinski definition) is 1. The van der Waals surface area contributed by atoms with Crippen molar-refractivity contribution in [1.82, 2.24) is 14.8 Å². The summed E-state index contributed by atoms with van der Waals surface area (Å²) in [4.78, 5) is 4.35. The number of aromatic nitrogens is 3. The van der Waals surface area contributed by atoms with Crippen molar-refractivity contribution in [1.29, 1.82) is 0 Å². The second-order valence-corrected chi connectivity index (χ2v) is 4.47. The first-order chi connectivity index (χ1) is 8.65. The maximum atomic E-state index is 6.09. The normalized spacial score (nSPS) is 13.1. The summed E-state index contributed by atoms with van der Waals surface area (Å²) in [6.45, 7) is 0. The average Bonchev–Trinajstić information content (AvgIpc) is 2.95. The van der Waals surface area contributed by atoms with Gasteiger partial charge < -0.3 is 10.2 Å². The fourth-order valence-electron chi connectivity index (χ4n) is 1.81. The Morgan fingerprint density at radius 1 is 1.44 bits per heavy atom. The number of rotatable bonds is 2. The molecule has 5 nitrogen and oxygen atoms in total. The van der Waals surface area contributed by atoms with Gasteiger partial charge in [-0.3, -0.25) is 4.68 Å². The van der Waals surface area contributed by atoms with Crippen molar-refractivity contribution in [2.75, 3.05) is 0 Å². The number of nitrogens with two attached hydrogens (primary N) is 1. The Kier molecular flexibility index (Phi) is 2.57. The molecule has 1 atom stereocenters. The van der Waals surface area contributed by atoms with Gasteiger partial charge in [0.25, 0.3) is 0 Å². The molecule has 18 heavy (non-hydrogen) atoms. The second kappa shape index (κ2) is 4.12. The molecule has 3 rings (SSSR count). The number of nitrogens with zero attached hydrogens (tertiary/aromatic N) is 3. The summed E-state index contributed by atoms with van der Waals surface area (Å²) in [5, 5.41) is 4.61. The van der Waals surface area contributed by atoms with Crippen molar-refractivity contribution in [3.8, 4) is 0 Å². The van der Waals surface area contributed by atoms with E-state index < -0.39 is 6.04 Å². The van der Waals surface area contributed by atoms with Crippen LogP contribution in [-0.2, 0) is 7.05 Å². The lowest BCUT2D eigenvalue weighted by Crippen LogP contribution is -2.11. The zero-order valence-electron chi connectivity index (χ0n) is 9.67. The monoisotopic (exact) mass is 262 g/mol. The lowest BCUT2D eigenvalue weighted by molar-refractivity contribution is 0.505. The van der Waals surface area contributed by atoms with Crippen LogP contribution in [0.2, 0.25) is 5.02 Å². The van der Waals surface area contributed by atoms with Gasteiger partial charge in [0.15, 0.2) is 5.58 Å². The van der Waals surface area contributed by atoms with Gasteiger partial charge >= 0.3 is 0 Å². The average molecular weight is 263 g/mol. The molecule has 2 aromatic heterocycles. The molecule has 2 heterocycles. The molecule has 0 aliphatic rings. The molecule has 0 amide bonds. The van der Waals surface area contributed by atoms with Gasteiger partial charge in [0, 0.05) is 18.8 Å². The van der Waals surface area contributed by atoms with Gasteiger partial charge in [-0.05, 0) is 12.1 Å². The molecule has 0 spiro atoms.